The summed E-state index contributed by atoms with van der Waals surface area (Å²) in [6.45, 7) is 1.60. The van der Waals surface area contributed by atoms with Crippen molar-refractivity contribution in [2.75, 3.05) is 16.4 Å². The van der Waals surface area contributed by atoms with Crippen molar-refractivity contribution in [1.29, 1.82) is 5.26 Å². The van der Waals surface area contributed by atoms with E-state index in [1.807, 2.05) is 0 Å². The smallest absolute Gasteiger partial charge is 0.416 e. The molecule has 1 aliphatic heterocycles. The first-order chi connectivity index (χ1) is 18.6. The second-order valence-electron chi connectivity index (χ2n) is 8.34. The number of carbonyl (C=O) groups is 2. The highest BCUT2D eigenvalue weighted by Gasteiger charge is 2.37. The number of thioether (sulfide) groups is 1. The highest BCUT2D eigenvalue weighted by molar-refractivity contribution is 9.10. The molecular formula is C27H20BrF3N4O3S. The average Bonchev–Trinajstić information content (AvgIpc) is 3.42. The molecule has 0 saturated heterocycles. The number of benzene rings is 2. The fraction of sp³-hybridized carbons (Fsp3) is 0.148. The minimum absolute atomic E-state index is 0.0342. The maximum absolute atomic E-state index is 13.4. The number of alkyl halides is 3. The Balaban J connectivity index is 1.58. The predicted molar refractivity (Wildman–Crippen MR) is 145 cm³/mol. The van der Waals surface area contributed by atoms with Gasteiger partial charge in [0.2, 0.25) is 5.91 Å². The molecule has 7 nitrogen and oxygen atoms in total. The summed E-state index contributed by atoms with van der Waals surface area (Å²) in [5.74, 6) is -1.70. The van der Waals surface area contributed by atoms with Crippen molar-refractivity contribution >= 4 is 50.9 Å². The largest absolute Gasteiger partial charge is 0.468 e. The summed E-state index contributed by atoms with van der Waals surface area (Å²) in [5, 5.41) is 18.7. The van der Waals surface area contributed by atoms with E-state index in [0.29, 0.717) is 22.2 Å². The Morgan fingerprint density at radius 3 is 2.49 bits per heavy atom. The molecule has 1 aromatic heterocycles. The van der Waals surface area contributed by atoms with Gasteiger partial charge in [0.15, 0.2) is 0 Å². The molecule has 2 amide bonds. The predicted octanol–water partition coefficient (Wildman–Crippen LogP) is 6.77. The molecule has 39 heavy (non-hydrogen) atoms. The second kappa shape index (κ2) is 11.8. The molecule has 3 N–H and O–H groups in total. The minimum atomic E-state index is -4.58. The van der Waals surface area contributed by atoms with E-state index in [2.05, 4.69) is 37.9 Å². The van der Waals surface area contributed by atoms with E-state index in [1.54, 1.807) is 43.3 Å². The number of halogens is 4. The van der Waals surface area contributed by atoms with E-state index in [0.717, 1.165) is 28.4 Å². The number of nitrogens with one attached hydrogen (secondary N) is 3. The molecule has 0 aliphatic carbocycles. The normalized spacial score (nSPS) is 15.4. The lowest BCUT2D eigenvalue weighted by molar-refractivity contribution is -0.137. The monoisotopic (exact) mass is 616 g/mol. The molecule has 2 aromatic carbocycles. The van der Waals surface area contributed by atoms with Crippen LogP contribution in [-0.2, 0) is 15.8 Å². The van der Waals surface area contributed by atoms with E-state index in [1.165, 1.54) is 18.4 Å². The zero-order valence-electron chi connectivity index (χ0n) is 20.2. The summed E-state index contributed by atoms with van der Waals surface area (Å²) >= 11 is 4.41. The molecule has 3 aromatic rings. The van der Waals surface area contributed by atoms with Gasteiger partial charge in [0, 0.05) is 21.5 Å². The molecule has 12 heteroatoms. The van der Waals surface area contributed by atoms with Crippen LogP contribution in [0.2, 0.25) is 0 Å². The van der Waals surface area contributed by atoms with Gasteiger partial charge in [-0.3, -0.25) is 9.59 Å². The number of furan rings is 1. The van der Waals surface area contributed by atoms with E-state index < -0.39 is 23.6 Å². The van der Waals surface area contributed by atoms with Gasteiger partial charge in [0.25, 0.3) is 5.91 Å². The molecule has 1 aliphatic rings. The number of dihydropyridines is 1. The van der Waals surface area contributed by atoms with Crippen LogP contribution in [0.4, 0.5) is 24.5 Å². The third-order valence-electron chi connectivity index (χ3n) is 5.64. The molecule has 1 atom stereocenters. The number of allylic oxidation sites excluding steroid dienone is 2. The number of anilines is 2. The lowest BCUT2D eigenvalue weighted by atomic mass is 9.85. The molecule has 0 unspecified atom stereocenters. The topological polar surface area (TPSA) is 107 Å². The fourth-order valence-corrected chi connectivity index (χ4v) is 5.06. The summed E-state index contributed by atoms with van der Waals surface area (Å²) in [4.78, 5) is 25.9. The molecule has 0 bridgehead atoms. The quantitative estimate of drug-likeness (QED) is 0.270. The SMILES string of the molecule is CC1=C(C(=O)Nc2cccc(C(F)(F)F)c2)[C@H](c2ccco2)C(C#N)=C(SCC(=O)Nc2ccc(Br)cc2)N1. The third-order valence-corrected chi connectivity index (χ3v) is 7.19. The van der Waals surface area contributed by atoms with Gasteiger partial charge < -0.3 is 20.4 Å². The number of amides is 2. The summed E-state index contributed by atoms with van der Waals surface area (Å²) in [6, 6.07) is 16.6. The Labute approximate surface area is 234 Å². The average molecular weight is 617 g/mol. The molecule has 200 valence electrons. The molecular weight excluding hydrogens is 597 g/mol. The zero-order valence-corrected chi connectivity index (χ0v) is 22.6. The first-order valence-electron chi connectivity index (χ1n) is 11.4. The van der Waals surface area contributed by atoms with Crippen molar-refractivity contribution in [2.24, 2.45) is 0 Å². The van der Waals surface area contributed by atoms with Crippen LogP contribution in [0.3, 0.4) is 0 Å². The number of carbonyl (C=O) groups excluding carboxylic acids is 2. The maximum Gasteiger partial charge on any atom is 0.416 e. The van der Waals surface area contributed by atoms with Crippen LogP contribution in [0, 0.1) is 11.3 Å². The molecule has 4 rings (SSSR count). The van der Waals surface area contributed by atoms with Gasteiger partial charge >= 0.3 is 6.18 Å². The molecule has 0 spiro atoms. The van der Waals surface area contributed by atoms with Crippen LogP contribution >= 0.6 is 27.7 Å². The van der Waals surface area contributed by atoms with Crippen molar-refractivity contribution in [2.45, 2.75) is 19.0 Å². The Morgan fingerprint density at radius 1 is 1.10 bits per heavy atom. The van der Waals surface area contributed by atoms with Gasteiger partial charge in [-0.2, -0.15) is 18.4 Å². The Hall–Kier alpha value is -3.95. The minimum Gasteiger partial charge on any atom is -0.468 e. The number of rotatable bonds is 7. The first-order valence-corrected chi connectivity index (χ1v) is 13.2. The van der Waals surface area contributed by atoms with Gasteiger partial charge in [0.1, 0.15) is 5.76 Å². The van der Waals surface area contributed by atoms with Crippen molar-refractivity contribution < 1.29 is 27.2 Å². The van der Waals surface area contributed by atoms with E-state index >= 15 is 0 Å². The number of nitriles is 1. The lowest BCUT2D eigenvalue weighted by Gasteiger charge is -2.28. The van der Waals surface area contributed by atoms with E-state index in [-0.39, 0.29) is 28.5 Å². The van der Waals surface area contributed by atoms with Crippen LogP contribution in [0.1, 0.15) is 24.2 Å². The van der Waals surface area contributed by atoms with E-state index in [9.17, 15) is 28.0 Å². The molecule has 0 radical (unpaired) electrons. The van der Waals surface area contributed by atoms with Crippen molar-refractivity contribution in [3.8, 4) is 6.07 Å². The van der Waals surface area contributed by atoms with Crippen molar-refractivity contribution in [1.82, 2.24) is 5.32 Å². The van der Waals surface area contributed by atoms with Crippen molar-refractivity contribution in [3.63, 3.8) is 0 Å². The number of hydrogen-bond donors (Lipinski definition) is 3. The maximum atomic E-state index is 13.4. The molecule has 0 fully saturated rings. The summed E-state index contributed by atoms with van der Waals surface area (Å²) in [6.07, 6.45) is -3.19. The second-order valence-corrected chi connectivity index (χ2v) is 10.2. The lowest BCUT2D eigenvalue weighted by Crippen LogP contribution is -2.31. The van der Waals surface area contributed by atoms with Crippen LogP contribution < -0.4 is 16.0 Å². The van der Waals surface area contributed by atoms with Crippen LogP contribution in [0.25, 0.3) is 0 Å². The Bertz CT molecular complexity index is 1490. The van der Waals surface area contributed by atoms with Gasteiger partial charge in [-0.25, -0.2) is 0 Å². The standard InChI is InChI=1S/C27H20BrF3N4O3S/c1-15-23(25(37)35-19-5-2-4-16(12-19)27(29,30)31)24(21-6-3-11-38-21)20(13-32)26(33-15)39-14-22(36)34-18-9-7-17(28)8-10-18/h2-12,24,33H,14H2,1H3,(H,34,36)(H,35,37)/t24-/m0/s1. The van der Waals surface area contributed by atoms with Crippen molar-refractivity contribution in [3.05, 3.63) is 105 Å². The van der Waals surface area contributed by atoms with E-state index in [4.69, 9.17) is 4.42 Å². The Kier molecular flexibility index (Phi) is 8.52. The first kappa shape index (κ1) is 28.1. The van der Waals surface area contributed by atoms with Crippen LogP contribution in [-0.4, -0.2) is 17.6 Å². The zero-order chi connectivity index (χ0) is 28.2. The summed E-state index contributed by atoms with van der Waals surface area (Å²) < 4.78 is 45.9. The molecule has 2 heterocycles. The van der Waals surface area contributed by atoms with Gasteiger partial charge in [0.05, 0.1) is 45.7 Å². The highest BCUT2D eigenvalue weighted by Crippen LogP contribution is 2.41. The van der Waals surface area contributed by atoms with Gasteiger partial charge in [-0.15, -0.1) is 0 Å². The van der Waals surface area contributed by atoms with Gasteiger partial charge in [-0.1, -0.05) is 33.8 Å². The van der Waals surface area contributed by atoms with Crippen LogP contribution in [0.15, 0.2) is 97.7 Å². The van der Waals surface area contributed by atoms with Gasteiger partial charge in [-0.05, 0) is 61.5 Å². The highest BCUT2D eigenvalue weighted by atomic mass is 79.9. The fourth-order valence-electron chi connectivity index (χ4n) is 3.91. The third kappa shape index (κ3) is 6.74. The molecule has 0 saturated carbocycles. The number of nitrogens with zero attached hydrogens (tertiary/aromatic N) is 1. The summed E-state index contributed by atoms with van der Waals surface area (Å²) in [5.41, 5.74) is 0.228. The Morgan fingerprint density at radius 2 is 1.85 bits per heavy atom. The van der Waals surface area contributed by atoms with Crippen LogP contribution in [0.5, 0.6) is 0 Å². The number of hydrogen-bond acceptors (Lipinski definition) is 6. The summed E-state index contributed by atoms with van der Waals surface area (Å²) in [7, 11) is 0.